The number of benzene rings is 1. The molecule has 2 saturated heterocycles. The minimum atomic E-state index is -0.310. The van der Waals surface area contributed by atoms with Gasteiger partial charge < -0.3 is 4.74 Å². The third-order valence-electron chi connectivity index (χ3n) is 4.12. The average Bonchev–Trinajstić information content (AvgIpc) is 2.83. The van der Waals surface area contributed by atoms with Crippen molar-refractivity contribution in [2.75, 3.05) is 13.7 Å². The van der Waals surface area contributed by atoms with Crippen molar-refractivity contribution in [1.29, 1.82) is 0 Å². The molecule has 3 nitrogen and oxygen atoms in total. The maximum Gasteiger partial charge on any atom is 0.326 e. The lowest BCUT2D eigenvalue weighted by Crippen LogP contribution is -2.52. The number of ether oxygens (including phenoxy) is 1. The van der Waals surface area contributed by atoms with Crippen LogP contribution in [-0.4, -0.2) is 30.1 Å². The topological polar surface area (TPSA) is 29.5 Å². The van der Waals surface area contributed by atoms with Crippen molar-refractivity contribution in [2.45, 2.75) is 24.9 Å². The molecule has 0 atom stereocenters. The van der Waals surface area contributed by atoms with Crippen molar-refractivity contribution in [3.63, 3.8) is 0 Å². The van der Waals surface area contributed by atoms with E-state index in [1.165, 1.54) is 12.7 Å². The molecule has 1 aromatic carbocycles. The summed E-state index contributed by atoms with van der Waals surface area (Å²) in [6.45, 7) is 1.89. The van der Waals surface area contributed by atoms with Gasteiger partial charge in [0.25, 0.3) is 0 Å². The van der Waals surface area contributed by atoms with Crippen molar-refractivity contribution in [3.8, 4) is 0 Å². The molecule has 17 heavy (non-hydrogen) atoms. The third-order valence-corrected chi connectivity index (χ3v) is 4.12. The summed E-state index contributed by atoms with van der Waals surface area (Å²) < 4.78 is 4.96. The van der Waals surface area contributed by atoms with E-state index < -0.39 is 0 Å². The van der Waals surface area contributed by atoms with Crippen LogP contribution in [0.3, 0.4) is 0 Å². The molecule has 2 bridgehead atoms. The van der Waals surface area contributed by atoms with E-state index in [0.717, 1.165) is 25.9 Å². The van der Waals surface area contributed by atoms with Gasteiger partial charge in [-0.2, -0.15) is 0 Å². The van der Waals surface area contributed by atoms with Crippen molar-refractivity contribution < 1.29 is 9.53 Å². The van der Waals surface area contributed by atoms with E-state index in [9.17, 15) is 4.79 Å². The highest BCUT2D eigenvalue weighted by atomic mass is 16.5. The fourth-order valence-electron chi connectivity index (χ4n) is 3.27. The first kappa shape index (κ1) is 10.8. The summed E-state index contributed by atoms with van der Waals surface area (Å²) in [5.41, 5.74) is 0.957. The van der Waals surface area contributed by atoms with Crippen LogP contribution in [0.25, 0.3) is 0 Å². The first-order chi connectivity index (χ1) is 8.24. The smallest absolute Gasteiger partial charge is 0.326 e. The van der Waals surface area contributed by atoms with Gasteiger partial charge in [0.1, 0.15) is 5.54 Å². The van der Waals surface area contributed by atoms with Crippen LogP contribution in [0.15, 0.2) is 30.3 Å². The Morgan fingerprint density at radius 3 is 2.76 bits per heavy atom. The fraction of sp³-hybridized carbons (Fsp3) is 0.500. The molecule has 0 spiro atoms. The largest absolute Gasteiger partial charge is 0.468 e. The lowest BCUT2D eigenvalue weighted by Gasteiger charge is -2.39. The number of hydrogen-bond donors (Lipinski definition) is 0. The number of esters is 1. The van der Waals surface area contributed by atoms with Crippen LogP contribution in [0.1, 0.15) is 18.4 Å². The molecular formula is C14H17NO2. The predicted molar refractivity (Wildman–Crippen MR) is 64.3 cm³/mol. The van der Waals surface area contributed by atoms with Gasteiger partial charge in [0, 0.05) is 13.1 Å². The number of hydrogen-bond acceptors (Lipinski definition) is 3. The van der Waals surface area contributed by atoms with Crippen LogP contribution in [0.2, 0.25) is 0 Å². The Bertz CT molecular complexity index is 423. The summed E-state index contributed by atoms with van der Waals surface area (Å²) in [5.74, 6) is 0.639. The van der Waals surface area contributed by atoms with Crippen LogP contribution < -0.4 is 0 Å². The number of fused-ring (bicyclic) bond motifs is 1. The molecule has 0 amide bonds. The molecule has 1 saturated carbocycles. The SMILES string of the molecule is COC(=O)C12CC(CN1Cc1ccccc1)C2. The molecule has 0 aromatic heterocycles. The van der Waals surface area contributed by atoms with E-state index in [2.05, 4.69) is 17.0 Å². The Labute approximate surface area is 101 Å². The molecule has 90 valence electrons. The molecular weight excluding hydrogens is 214 g/mol. The Morgan fingerprint density at radius 1 is 1.41 bits per heavy atom. The zero-order valence-corrected chi connectivity index (χ0v) is 10.1. The van der Waals surface area contributed by atoms with Gasteiger partial charge in [-0.05, 0) is 24.3 Å². The zero-order chi connectivity index (χ0) is 11.9. The van der Waals surface area contributed by atoms with E-state index in [-0.39, 0.29) is 11.5 Å². The highest BCUT2D eigenvalue weighted by molar-refractivity contribution is 5.83. The molecule has 2 heterocycles. The van der Waals surface area contributed by atoms with E-state index >= 15 is 0 Å². The molecule has 0 N–H and O–H groups in total. The van der Waals surface area contributed by atoms with Gasteiger partial charge in [-0.25, -0.2) is 0 Å². The fourth-order valence-corrected chi connectivity index (χ4v) is 3.27. The van der Waals surface area contributed by atoms with Crippen LogP contribution >= 0.6 is 0 Å². The predicted octanol–water partition coefficient (Wildman–Crippen LogP) is 1.82. The highest BCUT2D eigenvalue weighted by Crippen LogP contribution is 2.51. The normalized spacial score (nSPS) is 31.0. The molecule has 1 aliphatic carbocycles. The molecule has 0 radical (unpaired) electrons. The maximum absolute atomic E-state index is 11.9. The van der Waals surface area contributed by atoms with Gasteiger partial charge in [-0.15, -0.1) is 0 Å². The maximum atomic E-state index is 11.9. The van der Waals surface area contributed by atoms with Crippen molar-refractivity contribution in [3.05, 3.63) is 35.9 Å². The second-order valence-electron chi connectivity index (χ2n) is 5.16. The highest BCUT2D eigenvalue weighted by Gasteiger charge is 2.61. The molecule has 2 aliphatic heterocycles. The minimum absolute atomic E-state index is 0.0535. The Morgan fingerprint density at radius 2 is 2.12 bits per heavy atom. The van der Waals surface area contributed by atoms with Crippen molar-refractivity contribution in [2.24, 2.45) is 5.92 Å². The summed E-state index contributed by atoms with van der Waals surface area (Å²) in [6.07, 6.45) is 1.96. The first-order valence-electron chi connectivity index (χ1n) is 6.12. The molecule has 1 aromatic rings. The van der Waals surface area contributed by atoms with Crippen LogP contribution in [0.5, 0.6) is 0 Å². The summed E-state index contributed by atoms with van der Waals surface area (Å²) in [4.78, 5) is 14.2. The van der Waals surface area contributed by atoms with Crippen molar-refractivity contribution in [1.82, 2.24) is 4.90 Å². The quantitative estimate of drug-likeness (QED) is 0.743. The van der Waals surface area contributed by atoms with E-state index in [1.54, 1.807) is 0 Å². The number of carbonyl (C=O) groups excluding carboxylic acids is 1. The van der Waals surface area contributed by atoms with Crippen LogP contribution in [0.4, 0.5) is 0 Å². The average molecular weight is 231 g/mol. The Hall–Kier alpha value is -1.35. The van der Waals surface area contributed by atoms with E-state index in [0.29, 0.717) is 5.92 Å². The molecule has 4 rings (SSSR count). The number of methoxy groups -OCH3 is 1. The van der Waals surface area contributed by atoms with Gasteiger partial charge in [0.05, 0.1) is 7.11 Å². The van der Waals surface area contributed by atoms with Gasteiger partial charge in [0.2, 0.25) is 0 Å². The van der Waals surface area contributed by atoms with Gasteiger partial charge in [-0.1, -0.05) is 30.3 Å². The molecule has 3 aliphatic rings. The molecule has 3 heteroatoms. The second kappa shape index (κ2) is 3.84. The van der Waals surface area contributed by atoms with E-state index in [4.69, 9.17) is 4.74 Å². The van der Waals surface area contributed by atoms with Gasteiger partial charge in [-0.3, -0.25) is 9.69 Å². The van der Waals surface area contributed by atoms with Crippen molar-refractivity contribution >= 4 is 5.97 Å². The molecule has 0 unspecified atom stereocenters. The lowest BCUT2D eigenvalue weighted by molar-refractivity contribution is -0.156. The zero-order valence-electron chi connectivity index (χ0n) is 10.1. The third kappa shape index (κ3) is 1.57. The number of carbonyl (C=O) groups is 1. The monoisotopic (exact) mass is 231 g/mol. The minimum Gasteiger partial charge on any atom is -0.468 e. The first-order valence-corrected chi connectivity index (χ1v) is 6.12. The summed E-state index contributed by atoms with van der Waals surface area (Å²) in [6, 6.07) is 10.3. The molecule has 3 fully saturated rings. The van der Waals surface area contributed by atoms with E-state index in [1.807, 2.05) is 18.2 Å². The van der Waals surface area contributed by atoms with Crippen LogP contribution in [-0.2, 0) is 16.1 Å². The summed E-state index contributed by atoms with van der Waals surface area (Å²) in [5, 5.41) is 0. The number of rotatable bonds is 3. The van der Waals surface area contributed by atoms with Crippen LogP contribution in [0, 0.1) is 5.92 Å². The summed E-state index contributed by atoms with van der Waals surface area (Å²) >= 11 is 0. The number of nitrogens with zero attached hydrogens (tertiary/aromatic N) is 1. The van der Waals surface area contributed by atoms with Gasteiger partial charge >= 0.3 is 5.97 Å². The second-order valence-corrected chi connectivity index (χ2v) is 5.16. The Balaban J connectivity index is 1.78. The summed E-state index contributed by atoms with van der Waals surface area (Å²) in [7, 11) is 1.49. The standard InChI is InChI=1S/C14H17NO2/c1-17-13(16)14-7-12(8-14)10-15(14)9-11-5-3-2-4-6-11/h2-6,12H,7-10H2,1H3. The lowest BCUT2D eigenvalue weighted by atomic mass is 9.73. The Kier molecular flexibility index (Phi) is 2.44. The van der Waals surface area contributed by atoms with Gasteiger partial charge in [0.15, 0.2) is 0 Å².